The normalized spacial score (nSPS) is 14.2. The summed E-state index contributed by atoms with van der Waals surface area (Å²) in [5.41, 5.74) is 2.58. The fourth-order valence-corrected chi connectivity index (χ4v) is 1.73. The van der Waals surface area contributed by atoms with E-state index in [0.717, 1.165) is 0 Å². The molecule has 0 fully saturated rings. The van der Waals surface area contributed by atoms with Crippen LogP contribution in [0.2, 0.25) is 0 Å². The van der Waals surface area contributed by atoms with Crippen molar-refractivity contribution in [2.75, 3.05) is 27.7 Å². The summed E-state index contributed by atoms with van der Waals surface area (Å²) in [6.45, 7) is -0.163. The Hall–Kier alpha value is -0.0300. The molecule has 0 amide bonds. The summed E-state index contributed by atoms with van der Waals surface area (Å²) < 4.78 is 62.2. The van der Waals surface area contributed by atoms with Crippen LogP contribution in [-0.2, 0) is 14.3 Å². The molecule has 1 unspecified atom stereocenters. The van der Waals surface area contributed by atoms with Gasteiger partial charge in [-0.15, -0.1) is 0 Å². The van der Waals surface area contributed by atoms with Gasteiger partial charge in [0.25, 0.3) is 0 Å². The van der Waals surface area contributed by atoms with E-state index in [-0.39, 0.29) is 47.0 Å². The van der Waals surface area contributed by atoms with E-state index in [2.05, 4.69) is 14.2 Å². The summed E-state index contributed by atoms with van der Waals surface area (Å²) >= 11 is 0. The van der Waals surface area contributed by atoms with Crippen LogP contribution in [-0.4, -0.2) is 81.9 Å². The third kappa shape index (κ3) is 7.35. The average Bonchev–Trinajstić information content (AvgIpc) is 2.13. The third-order valence-electron chi connectivity index (χ3n) is 1.92. The van der Waals surface area contributed by atoms with E-state index in [9.17, 15) is 21.6 Å². The number of rotatable bonds is 6. The molecule has 0 rings (SSSR count). The minimum absolute atomic E-state index is 0. The fraction of sp³-hybridized carbons (Fsp3) is 1.00. The zero-order valence-electron chi connectivity index (χ0n) is 10.0. The summed E-state index contributed by atoms with van der Waals surface area (Å²) in [5, 5.41) is 3.13. The van der Waals surface area contributed by atoms with Gasteiger partial charge in [0.2, 0.25) is 6.23 Å². The molecule has 0 aromatic rings. The molecule has 0 aromatic heterocycles. The van der Waals surface area contributed by atoms with E-state index in [0.29, 0.717) is 0 Å². The van der Waals surface area contributed by atoms with Gasteiger partial charge in [-0.3, -0.25) is 0 Å². The fourth-order valence-electron chi connectivity index (χ4n) is 0.978. The second kappa shape index (κ2) is 7.67. The van der Waals surface area contributed by atoms with Gasteiger partial charge >= 0.3 is 45.2 Å². The van der Waals surface area contributed by atoms with Crippen LogP contribution in [0.1, 0.15) is 6.42 Å². The van der Waals surface area contributed by atoms with Gasteiger partial charge in [-0.1, -0.05) is 5.11 Å². The third-order valence-corrected chi connectivity index (χ3v) is 2.97. The monoisotopic (exact) mass is 315 g/mol. The molecular weight excluding hydrogens is 300 g/mol. The van der Waals surface area contributed by atoms with Crippen LogP contribution in [0.5, 0.6) is 0 Å². The summed E-state index contributed by atoms with van der Waals surface area (Å²) in [6.07, 6.45) is -1.44. The molecule has 108 valence electrons. The molecule has 7 nitrogen and oxygen atoms in total. The molecule has 0 aromatic carbocycles. The van der Waals surface area contributed by atoms with Crippen molar-refractivity contribution in [3.63, 3.8) is 0 Å². The van der Waals surface area contributed by atoms with Gasteiger partial charge in [0.05, 0.1) is 21.1 Å². The SMILES string of the molecule is C[N+](C)(C)C(CCN=[N+]=[N-])OS(=O)(=O)C(F)(F)F.[NaH]. The standard InChI is InChI=1S/C7H14F3N4O3S.Na.H/c1-14(2,3)6(4-5-12-13-11)17-18(15,16)7(8,9)10;;/h6H,4-5H2,1-3H3;;/q+1;;. The van der Waals surface area contributed by atoms with Crippen LogP contribution in [0.3, 0.4) is 0 Å². The Morgan fingerprint density at radius 1 is 1.37 bits per heavy atom. The molecule has 0 aliphatic rings. The van der Waals surface area contributed by atoms with Crippen LogP contribution in [0.4, 0.5) is 13.2 Å². The van der Waals surface area contributed by atoms with E-state index in [1.165, 1.54) is 21.1 Å². The molecule has 0 saturated heterocycles. The van der Waals surface area contributed by atoms with Crippen molar-refractivity contribution in [3.05, 3.63) is 10.4 Å². The summed E-state index contributed by atoms with van der Waals surface area (Å²) in [5.74, 6) is 0. The van der Waals surface area contributed by atoms with E-state index in [1.54, 1.807) is 0 Å². The van der Waals surface area contributed by atoms with E-state index >= 15 is 0 Å². The molecule has 0 heterocycles. The molecule has 0 saturated carbocycles. The number of hydrogen-bond donors (Lipinski definition) is 0. The van der Waals surface area contributed by atoms with E-state index < -0.39 is 21.9 Å². The number of nitrogens with zero attached hydrogens (tertiary/aromatic N) is 4. The maximum atomic E-state index is 12.2. The zero-order valence-corrected chi connectivity index (χ0v) is 10.9. The van der Waals surface area contributed by atoms with Crippen LogP contribution >= 0.6 is 0 Å². The van der Waals surface area contributed by atoms with Crippen molar-refractivity contribution in [3.8, 4) is 0 Å². The average molecular weight is 315 g/mol. The maximum absolute atomic E-state index is 12.2. The molecule has 1 atom stereocenters. The van der Waals surface area contributed by atoms with Gasteiger partial charge in [-0.2, -0.15) is 21.6 Å². The summed E-state index contributed by atoms with van der Waals surface area (Å²) in [7, 11) is -1.27. The molecule has 0 spiro atoms. The van der Waals surface area contributed by atoms with Crippen LogP contribution in [0, 0.1) is 0 Å². The summed E-state index contributed by atoms with van der Waals surface area (Å²) in [6, 6.07) is 0. The Morgan fingerprint density at radius 3 is 2.16 bits per heavy atom. The van der Waals surface area contributed by atoms with Crippen LogP contribution < -0.4 is 0 Å². The van der Waals surface area contributed by atoms with Crippen molar-refractivity contribution in [1.82, 2.24) is 0 Å². The number of halogens is 3. The topological polar surface area (TPSA) is 92.1 Å². The first kappa shape index (κ1) is 21.3. The van der Waals surface area contributed by atoms with E-state index in [4.69, 9.17) is 5.53 Å². The van der Waals surface area contributed by atoms with E-state index in [1.807, 2.05) is 0 Å². The van der Waals surface area contributed by atoms with Crippen molar-refractivity contribution in [2.24, 2.45) is 5.11 Å². The Bertz CT molecular complexity index is 428. The van der Waals surface area contributed by atoms with Crippen molar-refractivity contribution in [2.45, 2.75) is 18.2 Å². The second-order valence-corrected chi connectivity index (χ2v) is 5.87. The predicted octanol–water partition coefficient (Wildman–Crippen LogP) is 0.937. The van der Waals surface area contributed by atoms with Crippen molar-refractivity contribution >= 4 is 39.7 Å². The molecule has 0 bridgehead atoms. The predicted molar refractivity (Wildman–Crippen MR) is 63.7 cm³/mol. The van der Waals surface area contributed by atoms with Gasteiger partial charge in [0.15, 0.2) is 0 Å². The van der Waals surface area contributed by atoms with Crippen molar-refractivity contribution < 1.29 is 30.3 Å². The number of azide groups is 1. The minimum atomic E-state index is -5.67. The quantitative estimate of drug-likeness (QED) is 0.107. The molecule has 0 aliphatic heterocycles. The number of quaternary nitrogens is 1. The van der Waals surface area contributed by atoms with Gasteiger partial charge in [-0.05, 0) is 5.53 Å². The zero-order chi connectivity index (χ0) is 14.6. The van der Waals surface area contributed by atoms with Crippen LogP contribution in [0.25, 0.3) is 10.4 Å². The molecular formula is C7H15F3N4NaO3S+. The van der Waals surface area contributed by atoms with Gasteiger partial charge < -0.3 is 4.48 Å². The Kier molecular flexibility index (Phi) is 8.59. The molecule has 12 heteroatoms. The Morgan fingerprint density at radius 2 is 1.84 bits per heavy atom. The Balaban J connectivity index is 0. The molecule has 0 aliphatic carbocycles. The first-order chi connectivity index (χ1) is 7.92. The number of hydrogen-bond acceptors (Lipinski definition) is 4. The van der Waals surface area contributed by atoms with Crippen LogP contribution in [0.15, 0.2) is 5.11 Å². The molecule has 0 N–H and O–H groups in total. The molecule has 19 heavy (non-hydrogen) atoms. The van der Waals surface area contributed by atoms with Gasteiger partial charge in [0.1, 0.15) is 0 Å². The van der Waals surface area contributed by atoms with Gasteiger partial charge in [-0.25, -0.2) is 4.18 Å². The first-order valence-electron chi connectivity index (χ1n) is 4.73. The van der Waals surface area contributed by atoms with Gasteiger partial charge in [0, 0.05) is 17.9 Å². The first-order valence-corrected chi connectivity index (χ1v) is 6.14. The second-order valence-electron chi connectivity index (χ2n) is 4.31. The number of alkyl halides is 3. The summed E-state index contributed by atoms with van der Waals surface area (Å²) in [4.78, 5) is 2.43. The van der Waals surface area contributed by atoms with Crippen molar-refractivity contribution in [1.29, 1.82) is 0 Å². The Labute approximate surface area is 131 Å². The molecule has 0 radical (unpaired) electrons.